The molecule has 0 unspecified atom stereocenters. The summed E-state index contributed by atoms with van der Waals surface area (Å²) < 4.78 is 5.38. The smallest absolute Gasteiger partial charge is 0.275 e. The average Bonchev–Trinajstić information content (AvgIpc) is 2.98. The molecule has 174 valence electrons. The molecule has 2 heterocycles. The molecule has 0 atom stereocenters. The topological polar surface area (TPSA) is 49.9 Å². The molecule has 0 saturated carbocycles. The van der Waals surface area contributed by atoms with Crippen LogP contribution in [0.3, 0.4) is 0 Å². The summed E-state index contributed by atoms with van der Waals surface area (Å²) >= 11 is 6.79. The summed E-state index contributed by atoms with van der Waals surface area (Å²) in [5, 5.41) is 2.83. The Labute approximate surface area is 211 Å². The van der Waals surface area contributed by atoms with Gasteiger partial charge in [0.05, 0.1) is 26.3 Å². The molecule has 7 heteroatoms. The molecular weight excluding hydrogens is 596 g/mol. The summed E-state index contributed by atoms with van der Waals surface area (Å²) in [6, 6.07) is 15.1. The number of aryl methyl sites for hydroxylation is 2. The number of amides is 2. The summed E-state index contributed by atoms with van der Waals surface area (Å²) in [7, 11) is 0. The van der Waals surface area contributed by atoms with Crippen molar-refractivity contribution in [2.24, 2.45) is 0 Å². The van der Waals surface area contributed by atoms with E-state index in [1.165, 1.54) is 10.0 Å². The fourth-order valence-electron chi connectivity index (χ4n) is 3.78. The van der Waals surface area contributed by atoms with Crippen LogP contribution in [0.25, 0.3) is 11.1 Å². The summed E-state index contributed by atoms with van der Waals surface area (Å²) in [5.41, 5.74) is 4.04. The van der Waals surface area contributed by atoms with E-state index in [1.807, 2.05) is 77.9 Å². The summed E-state index contributed by atoms with van der Waals surface area (Å²) in [4.78, 5) is 24.6. The van der Waals surface area contributed by atoms with Crippen LogP contribution in [0.5, 0.6) is 0 Å². The van der Waals surface area contributed by atoms with Crippen LogP contribution >= 0.6 is 11.6 Å². The third kappa shape index (κ3) is 5.11. The molecule has 5 nitrogen and oxygen atoms in total. The van der Waals surface area contributed by atoms with E-state index in [9.17, 15) is 9.59 Å². The molecule has 2 saturated heterocycles. The number of alkyl halides is 1. The maximum absolute atomic E-state index is 13.2. The molecule has 2 aliphatic heterocycles. The van der Waals surface area contributed by atoms with E-state index in [0.717, 1.165) is 22.3 Å². The van der Waals surface area contributed by atoms with Crippen molar-refractivity contribution in [3.63, 3.8) is 0 Å². The van der Waals surface area contributed by atoms with Gasteiger partial charge < -0.3 is 4.74 Å². The van der Waals surface area contributed by atoms with Crippen molar-refractivity contribution >= 4 is 23.4 Å². The number of rotatable bonds is 2. The predicted octanol–water partition coefficient (Wildman–Crippen LogP) is 4.87. The fourth-order valence-corrected chi connectivity index (χ4v) is 4.17. The van der Waals surface area contributed by atoms with E-state index in [0.29, 0.717) is 31.9 Å². The van der Waals surface area contributed by atoms with Gasteiger partial charge in [-0.15, -0.1) is 28.8 Å². The van der Waals surface area contributed by atoms with E-state index in [4.69, 9.17) is 16.3 Å². The first-order chi connectivity index (χ1) is 14.9. The molecule has 2 amide bonds. The monoisotopic (exact) mass is 627 g/mol. The van der Waals surface area contributed by atoms with Crippen LogP contribution in [0.15, 0.2) is 36.4 Å². The first-order valence-corrected chi connectivity index (χ1v) is 11.3. The van der Waals surface area contributed by atoms with Gasteiger partial charge in [0.15, 0.2) is 0 Å². The fraction of sp³-hybridized carbons (Fsp3) is 0.440. The Morgan fingerprint density at radius 2 is 1.41 bits per heavy atom. The standard InChI is InChI=1S/C21H20ClN2O3.2C2H6.W/c1-14-12-15(2)18(13-17(14)16-6-4-3-5-7-16)21(22)19(25)23-8-10-27-11-9-24(23)20(21)26;2*1-2;/h3-7,12H,8-11H2,1-2H3;2*1-2H3;/q-1;;;. The number of carbonyl (C=O) groups excluding carboxylic acids is 2. The van der Waals surface area contributed by atoms with E-state index in [1.54, 1.807) is 0 Å². The minimum atomic E-state index is -1.78. The number of ether oxygens (including phenoxy) is 1. The normalized spacial score (nSPS) is 16.6. The second-order valence-corrected chi connectivity index (χ2v) is 7.45. The van der Waals surface area contributed by atoms with Gasteiger partial charge in [-0.1, -0.05) is 94.6 Å². The molecule has 32 heavy (non-hydrogen) atoms. The Morgan fingerprint density at radius 3 is 1.91 bits per heavy atom. The van der Waals surface area contributed by atoms with Crippen molar-refractivity contribution in [3.8, 4) is 11.1 Å². The van der Waals surface area contributed by atoms with Gasteiger partial charge in [0.1, 0.15) is 0 Å². The van der Waals surface area contributed by atoms with E-state index in [2.05, 4.69) is 6.07 Å². The van der Waals surface area contributed by atoms with Crippen LogP contribution in [0.1, 0.15) is 44.4 Å². The van der Waals surface area contributed by atoms with Gasteiger partial charge in [-0.25, -0.2) is 10.0 Å². The second-order valence-electron chi connectivity index (χ2n) is 6.88. The van der Waals surface area contributed by atoms with Gasteiger partial charge in [0.2, 0.25) is 4.87 Å². The number of hydrogen-bond donors (Lipinski definition) is 0. The maximum atomic E-state index is 13.2. The molecule has 0 N–H and O–H groups in total. The molecule has 2 aromatic rings. The van der Waals surface area contributed by atoms with Crippen LogP contribution in [0.2, 0.25) is 0 Å². The maximum Gasteiger partial charge on any atom is 0.275 e. The van der Waals surface area contributed by atoms with Crippen LogP contribution in [0.4, 0.5) is 0 Å². The molecule has 2 aromatic carbocycles. The Kier molecular flexibility index (Phi) is 11.1. The molecule has 0 bridgehead atoms. The number of benzene rings is 2. The van der Waals surface area contributed by atoms with Crippen molar-refractivity contribution in [2.45, 2.75) is 46.4 Å². The minimum Gasteiger partial charge on any atom is -0.378 e. The third-order valence-electron chi connectivity index (χ3n) is 5.12. The number of hydrogen-bond acceptors (Lipinski definition) is 3. The molecular formula is C25H32ClN2O3W-. The molecule has 0 radical (unpaired) electrons. The number of carbonyl (C=O) groups is 2. The van der Waals surface area contributed by atoms with Gasteiger partial charge in [-0.05, 0) is 0 Å². The van der Waals surface area contributed by atoms with Crippen molar-refractivity contribution in [1.82, 2.24) is 10.0 Å². The number of hydrazine groups is 1. The van der Waals surface area contributed by atoms with Crippen molar-refractivity contribution in [1.29, 1.82) is 0 Å². The first kappa shape index (κ1) is 28.4. The first-order valence-electron chi connectivity index (χ1n) is 10.9. The molecule has 2 aliphatic rings. The zero-order valence-corrected chi connectivity index (χ0v) is 23.4. The Morgan fingerprint density at radius 1 is 0.906 bits per heavy atom. The van der Waals surface area contributed by atoms with Crippen molar-refractivity contribution < 1.29 is 35.4 Å². The number of nitrogens with zero attached hydrogens (tertiary/aromatic N) is 2. The molecule has 4 rings (SSSR count). The molecule has 0 aromatic heterocycles. The van der Waals surface area contributed by atoms with Crippen LogP contribution in [-0.2, 0) is 40.3 Å². The molecule has 0 aliphatic carbocycles. The number of halogens is 1. The van der Waals surface area contributed by atoms with Crippen molar-refractivity contribution in [2.75, 3.05) is 26.3 Å². The van der Waals surface area contributed by atoms with Gasteiger partial charge in [0, 0.05) is 21.1 Å². The van der Waals surface area contributed by atoms with Crippen LogP contribution in [0, 0.1) is 19.9 Å². The predicted molar refractivity (Wildman–Crippen MR) is 125 cm³/mol. The van der Waals surface area contributed by atoms with Crippen LogP contribution < -0.4 is 0 Å². The molecule has 0 spiro atoms. The third-order valence-corrected chi connectivity index (χ3v) is 5.64. The molecule has 2 fully saturated rings. The Balaban J connectivity index is 0.000000971. The summed E-state index contributed by atoms with van der Waals surface area (Å²) in [5.74, 6) is -0.858. The Hall–Kier alpha value is -1.68. The Bertz CT molecular complexity index is 897. The second kappa shape index (κ2) is 12.5. The zero-order chi connectivity index (χ0) is 23.2. The quantitative estimate of drug-likeness (QED) is 0.271. The zero-order valence-electron chi connectivity index (χ0n) is 19.7. The van der Waals surface area contributed by atoms with Gasteiger partial charge in [-0.2, -0.15) is 0 Å². The number of fused-ring (bicyclic) bond motifs is 1. The van der Waals surface area contributed by atoms with E-state index in [-0.39, 0.29) is 21.1 Å². The average molecular weight is 628 g/mol. The van der Waals surface area contributed by atoms with Crippen LogP contribution in [-0.4, -0.2) is 48.1 Å². The minimum absolute atomic E-state index is 0. The van der Waals surface area contributed by atoms with Crippen molar-refractivity contribution in [3.05, 3.63) is 59.2 Å². The van der Waals surface area contributed by atoms with Gasteiger partial charge >= 0.3 is 0 Å². The largest absolute Gasteiger partial charge is 0.378 e. The summed E-state index contributed by atoms with van der Waals surface area (Å²) in [6.07, 6.45) is 0. The van der Waals surface area contributed by atoms with E-state index < -0.39 is 16.7 Å². The SMILES string of the molecule is CC.CC.Cc1cc(C)c(C2(Cl)C(=O)N3CCOCCN3C2=O)[c-]c1-c1ccccc1.[W]. The van der Waals surface area contributed by atoms with Gasteiger partial charge in [-0.3, -0.25) is 9.59 Å². The van der Waals surface area contributed by atoms with Gasteiger partial charge in [0.25, 0.3) is 11.8 Å². The van der Waals surface area contributed by atoms with E-state index >= 15 is 0 Å². The summed E-state index contributed by atoms with van der Waals surface area (Å²) in [6.45, 7) is 13.2.